The molecule has 0 aromatic heterocycles. The molecule has 0 spiro atoms. The Bertz CT molecular complexity index is 726. The molecule has 2 aromatic carbocycles. The van der Waals surface area contributed by atoms with Gasteiger partial charge in [-0.1, -0.05) is 64.1 Å². The Morgan fingerprint density at radius 3 is 2.09 bits per heavy atom. The van der Waals surface area contributed by atoms with Gasteiger partial charge in [-0.25, -0.2) is 0 Å². The summed E-state index contributed by atoms with van der Waals surface area (Å²) in [6.07, 6.45) is 3.86. The van der Waals surface area contributed by atoms with Gasteiger partial charge in [-0.2, -0.15) is 0 Å². The Kier molecular flexibility index (Phi) is 3.01. The molecule has 2 aliphatic carbocycles. The van der Waals surface area contributed by atoms with Crippen molar-refractivity contribution in [2.45, 2.75) is 52.4 Å². The molecule has 0 bridgehead atoms. The number of rotatable bonds is 2. The summed E-state index contributed by atoms with van der Waals surface area (Å²) in [6.45, 7) is 9.61. The Morgan fingerprint density at radius 1 is 0.773 bits per heavy atom. The fraction of sp³-hybridized carbons (Fsp3) is 0.455. The van der Waals surface area contributed by atoms with E-state index in [4.69, 9.17) is 0 Å². The Labute approximate surface area is 134 Å². The molecule has 114 valence electrons. The quantitative estimate of drug-likeness (QED) is 0.660. The largest absolute Gasteiger partial charge is 0.0619 e. The van der Waals surface area contributed by atoms with E-state index < -0.39 is 0 Å². The zero-order valence-electron chi connectivity index (χ0n) is 14.2. The van der Waals surface area contributed by atoms with Crippen LogP contribution in [0, 0.1) is 11.8 Å². The summed E-state index contributed by atoms with van der Waals surface area (Å²) in [4.78, 5) is 0. The van der Waals surface area contributed by atoms with Crippen LogP contribution in [0.4, 0.5) is 0 Å². The minimum Gasteiger partial charge on any atom is -0.0619 e. The molecular weight excluding hydrogens is 264 g/mol. The van der Waals surface area contributed by atoms with Crippen molar-refractivity contribution >= 4 is 0 Å². The summed E-state index contributed by atoms with van der Waals surface area (Å²) in [7, 11) is 0. The zero-order valence-corrected chi connectivity index (χ0v) is 14.2. The van der Waals surface area contributed by atoms with E-state index in [9.17, 15) is 0 Å². The van der Waals surface area contributed by atoms with Crippen molar-refractivity contribution in [3.8, 4) is 11.1 Å². The minimum absolute atomic E-state index is 0.170. The highest BCUT2D eigenvalue weighted by molar-refractivity contribution is 5.82. The molecular formula is C22H26. The second kappa shape index (κ2) is 4.72. The average molecular weight is 290 g/mol. The summed E-state index contributed by atoms with van der Waals surface area (Å²) in [5.74, 6) is 1.21. The lowest BCUT2D eigenvalue weighted by Crippen LogP contribution is -2.37. The summed E-state index contributed by atoms with van der Waals surface area (Å²) in [5, 5.41) is 0. The maximum atomic E-state index is 2.57. The van der Waals surface area contributed by atoms with Gasteiger partial charge in [-0.3, -0.25) is 0 Å². The molecule has 0 heterocycles. The van der Waals surface area contributed by atoms with Gasteiger partial charge >= 0.3 is 0 Å². The predicted molar refractivity (Wildman–Crippen MR) is 94.4 cm³/mol. The van der Waals surface area contributed by atoms with Gasteiger partial charge in [-0.15, -0.1) is 0 Å². The highest BCUT2D eigenvalue weighted by atomic mass is 14.5. The lowest BCUT2D eigenvalue weighted by molar-refractivity contribution is 0.280. The SMILES string of the molecule is CC(C)C1(C(C)C)c2ccccc2-c2cc3c(cc21)CCC3. The van der Waals surface area contributed by atoms with Gasteiger partial charge in [-0.05, 0) is 64.5 Å². The van der Waals surface area contributed by atoms with Crippen LogP contribution < -0.4 is 0 Å². The van der Waals surface area contributed by atoms with Gasteiger partial charge in [0, 0.05) is 5.41 Å². The normalized spacial score (nSPS) is 17.7. The highest BCUT2D eigenvalue weighted by Gasteiger charge is 2.47. The Hall–Kier alpha value is -1.56. The van der Waals surface area contributed by atoms with Gasteiger partial charge in [0.05, 0.1) is 0 Å². The van der Waals surface area contributed by atoms with Gasteiger partial charge < -0.3 is 0 Å². The number of fused-ring (bicyclic) bond motifs is 4. The van der Waals surface area contributed by atoms with Gasteiger partial charge in [0.15, 0.2) is 0 Å². The lowest BCUT2D eigenvalue weighted by Gasteiger charge is -2.40. The summed E-state index contributed by atoms with van der Waals surface area (Å²) in [6, 6.07) is 14.2. The molecule has 4 rings (SSSR count). The molecule has 2 aromatic rings. The molecule has 0 radical (unpaired) electrons. The van der Waals surface area contributed by atoms with Gasteiger partial charge in [0.1, 0.15) is 0 Å². The zero-order chi connectivity index (χ0) is 15.5. The standard InChI is InChI=1S/C22H26/c1-14(2)22(15(3)4)20-11-6-5-10-18(20)19-12-16-8-7-9-17(16)13-21(19)22/h5-6,10-15H,7-9H2,1-4H3. The van der Waals surface area contributed by atoms with Crippen LogP contribution >= 0.6 is 0 Å². The van der Waals surface area contributed by atoms with Crippen LogP contribution in [-0.2, 0) is 18.3 Å². The predicted octanol–water partition coefficient (Wildman–Crippen LogP) is 5.75. The highest BCUT2D eigenvalue weighted by Crippen LogP contribution is 2.57. The van der Waals surface area contributed by atoms with Crippen LogP contribution in [0.2, 0.25) is 0 Å². The van der Waals surface area contributed by atoms with Crippen molar-refractivity contribution in [3.63, 3.8) is 0 Å². The van der Waals surface area contributed by atoms with Crippen molar-refractivity contribution in [2.24, 2.45) is 11.8 Å². The smallest absolute Gasteiger partial charge is 0.0261 e. The summed E-state index contributed by atoms with van der Waals surface area (Å²) < 4.78 is 0. The molecule has 0 fully saturated rings. The lowest BCUT2D eigenvalue weighted by atomic mass is 9.63. The molecule has 22 heavy (non-hydrogen) atoms. The third-order valence-corrected chi connectivity index (χ3v) is 6.16. The van der Waals surface area contributed by atoms with Crippen molar-refractivity contribution in [3.05, 3.63) is 58.7 Å². The first-order chi connectivity index (χ1) is 10.6. The van der Waals surface area contributed by atoms with E-state index in [-0.39, 0.29) is 5.41 Å². The van der Waals surface area contributed by atoms with Gasteiger partial charge in [0.25, 0.3) is 0 Å². The minimum atomic E-state index is 0.170. The van der Waals surface area contributed by atoms with Crippen LogP contribution in [0.15, 0.2) is 36.4 Å². The summed E-state index contributed by atoms with van der Waals surface area (Å²) >= 11 is 0. The van der Waals surface area contributed by atoms with E-state index in [0.29, 0.717) is 11.8 Å². The first kappa shape index (κ1) is 14.1. The number of benzene rings is 2. The van der Waals surface area contributed by atoms with Gasteiger partial charge in [0.2, 0.25) is 0 Å². The molecule has 0 amide bonds. The van der Waals surface area contributed by atoms with Crippen LogP contribution in [0.5, 0.6) is 0 Å². The topological polar surface area (TPSA) is 0 Å². The molecule has 0 heteroatoms. The van der Waals surface area contributed by atoms with E-state index in [0.717, 1.165) is 0 Å². The third kappa shape index (κ3) is 1.59. The van der Waals surface area contributed by atoms with E-state index in [2.05, 4.69) is 64.1 Å². The molecule has 0 N–H and O–H groups in total. The van der Waals surface area contributed by atoms with E-state index >= 15 is 0 Å². The second-order valence-corrected chi connectivity index (χ2v) is 7.74. The van der Waals surface area contributed by atoms with Crippen LogP contribution in [0.1, 0.15) is 56.4 Å². The molecule has 0 unspecified atom stereocenters. The Morgan fingerprint density at radius 2 is 1.41 bits per heavy atom. The van der Waals surface area contributed by atoms with Crippen molar-refractivity contribution in [1.82, 2.24) is 0 Å². The van der Waals surface area contributed by atoms with Crippen molar-refractivity contribution < 1.29 is 0 Å². The van der Waals surface area contributed by atoms with Crippen LogP contribution in [-0.4, -0.2) is 0 Å². The van der Waals surface area contributed by atoms with E-state index in [1.54, 1.807) is 22.3 Å². The fourth-order valence-electron chi connectivity index (χ4n) is 5.32. The molecule has 0 saturated heterocycles. The fourth-order valence-corrected chi connectivity index (χ4v) is 5.32. The third-order valence-electron chi connectivity index (χ3n) is 6.16. The molecule has 0 aliphatic heterocycles. The van der Waals surface area contributed by atoms with Crippen LogP contribution in [0.25, 0.3) is 11.1 Å². The van der Waals surface area contributed by atoms with E-state index in [1.165, 1.54) is 30.4 Å². The average Bonchev–Trinajstić information content (AvgIpc) is 3.04. The Balaban J connectivity index is 2.10. The monoisotopic (exact) mass is 290 g/mol. The maximum Gasteiger partial charge on any atom is 0.0261 e. The van der Waals surface area contributed by atoms with Crippen molar-refractivity contribution in [2.75, 3.05) is 0 Å². The maximum absolute atomic E-state index is 2.57. The molecule has 0 saturated carbocycles. The molecule has 2 aliphatic rings. The summed E-state index contributed by atoms with van der Waals surface area (Å²) in [5.41, 5.74) is 9.52. The first-order valence-electron chi connectivity index (χ1n) is 8.83. The van der Waals surface area contributed by atoms with E-state index in [1.807, 2.05) is 0 Å². The first-order valence-corrected chi connectivity index (χ1v) is 8.83. The van der Waals surface area contributed by atoms with Crippen molar-refractivity contribution in [1.29, 1.82) is 0 Å². The second-order valence-electron chi connectivity index (χ2n) is 7.74. The number of aryl methyl sites for hydroxylation is 2. The number of hydrogen-bond acceptors (Lipinski definition) is 0. The van der Waals surface area contributed by atoms with Crippen LogP contribution in [0.3, 0.4) is 0 Å². The number of hydrogen-bond donors (Lipinski definition) is 0. The molecule has 0 nitrogen and oxygen atoms in total. The molecule has 0 atom stereocenters.